The van der Waals surface area contributed by atoms with Gasteiger partial charge in [-0.05, 0) is 24.2 Å². The molecule has 0 amide bonds. The van der Waals surface area contributed by atoms with Gasteiger partial charge in [-0.15, -0.1) is 0 Å². The van der Waals surface area contributed by atoms with Gasteiger partial charge in [-0.25, -0.2) is 0 Å². The van der Waals surface area contributed by atoms with Gasteiger partial charge in [0.15, 0.2) is 0 Å². The number of hydrogen-bond acceptors (Lipinski definition) is 1. The van der Waals surface area contributed by atoms with Crippen LogP contribution in [0.3, 0.4) is 0 Å². The highest BCUT2D eigenvalue weighted by atomic mass is 28.3. The van der Waals surface area contributed by atoms with Gasteiger partial charge in [0.05, 0.1) is 10.8 Å². The molecule has 0 N–H and O–H groups in total. The first-order valence-corrected chi connectivity index (χ1v) is 10.8. The van der Waals surface area contributed by atoms with E-state index < -0.39 is 42.8 Å². The predicted octanol–water partition coefficient (Wildman–Crippen LogP) is 3.85. The second-order valence-corrected chi connectivity index (χ2v) is 10.1. The van der Waals surface area contributed by atoms with E-state index in [0.29, 0.717) is 10.8 Å². The lowest BCUT2D eigenvalue weighted by molar-refractivity contribution is -0.131. The molecule has 120 valence electrons. The predicted molar refractivity (Wildman–Crippen MR) is 72.2 cm³/mol. The average molecular weight is 346 g/mol. The summed E-state index contributed by atoms with van der Waals surface area (Å²) in [6, 6.07) is 3.24. The van der Waals surface area contributed by atoms with Gasteiger partial charge in [-0.2, -0.15) is 26.3 Å². The van der Waals surface area contributed by atoms with E-state index in [2.05, 4.69) is 0 Å². The SMILES string of the molecule is C[Si](CCC(F)(F)F)c1ccc([Si](C)CCC(F)(F)F)o1. The Kier molecular flexibility index (Phi) is 6.15. The molecule has 0 aliphatic rings. The molecule has 0 aliphatic carbocycles. The summed E-state index contributed by atoms with van der Waals surface area (Å²) in [5.74, 6) is 0. The minimum absolute atomic E-state index is 0.00938. The number of rotatable bonds is 6. The zero-order chi connectivity index (χ0) is 16.3. The Morgan fingerprint density at radius 3 is 1.43 bits per heavy atom. The van der Waals surface area contributed by atoms with Gasteiger partial charge in [0, 0.05) is 12.8 Å². The van der Waals surface area contributed by atoms with Crippen molar-refractivity contribution in [3.05, 3.63) is 12.1 Å². The highest BCUT2D eigenvalue weighted by Gasteiger charge is 2.30. The van der Waals surface area contributed by atoms with Crippen LogP contribution >= 0.6 is 0 Å². The fourth-order valence-electron chi connectivity index (χ4n) is 1.70. The van der Waals surface area contributed by atoms with Crippen LogP contribution in [0.4, 0.5) is 26.3 Å². The normalized spacial score (nSPS) is 13.4. The largest absolute Gasteiger partial charge is 0.477 e. The molecule has 0 atom stereocenters. The average Bonchev–Trinajstić information content (AvgIpc) is 2.80. The highest BCUT2D eigenvalue weighted by molar-refractivity contribution is 6.73. The Bertz CT molecular complexity index is 401. The molecule has 1 heterocycles. The number of furan rings is 1. The summed E-state index contributed by atoms with van der Waals surface area (Å²) in [5, 5.41) is 1.02. The Balaban J connectivity index is 2.55. The topological polar surface area (TPSA) is 13.1 Å². The smallest absolute Gasteiger partial charge is 0.388 e. The summed E-state index contributed by atoms with van der Waals surface area (Å²) in [4.78, 5) is 0. The summed E-state index contributed by atoms with van der Waals surface area (Å²) in [7, 11) is -2.90. The molecule has 0 aliphatic heterocycles. The van der Waals surface area contributed by atoms with E-state index in [1.165, 1.54) is 0 Å². The molecule has 0 saturated heterocycles. The highest BCUT2D eigenvalue weighted by Crippen LogP contribution is 2.23. The van der Waals surface area contributed by atoms with Crippen molar-refractivity contribution in [2.24, 2.45) is 0 Å². The number of alkyl halides is 6. The van der Waals surface area contributed by atoms with Gasteiger partial charge < -0.3 is 4.42 Å². The molecule has 1 nitrogen and oxygen atoms in total. The summed E-state index contributed by atoms with van der Waals surface area (Å²) in [6.07, 6.45) is -10.1. The summed E-state index contributed by atoms with van der Waals surface area (Å²) >= 11 is 0. The third-order valence-electron chi connectivity index (χ3n) is 3.01. The lowest BCUT2D eigenvalue weighted by Crippen LogP contribution is -2.31. The zero-order valence-electron chi connectivity index (χ0n) is 11.7. The van der Waals surface area contributed by atoms with Crippen molar-refractivity contribution in [3.63, 3.8) is 0 Å². The lowest BCUT2D eigenvalue weighted by Gasteiger charge is -2.11. The van der Waals surface area contributed by atoms with Gasteiger partial charge in [0.25, 0.3) is 0 Å². The molecule has 0 aromatic carbocycles. The lowest BCUT2D eigenvalue weighted by atomic mass is 10.5. The molecular weight excluding hydrogens is 330 g/mol. The van der Waals surface area contributed by atoms with E-state index in [1.807, 2.05) is 0 Å². The third kappa shape index (κ3) is 7.21. The van der Waals surface area contributed by atoms with Crippen LogP contribution < -0.4 is 10.8 Å². The molecule has 1 aromatic heterocycles. The van der Waals surface area contributed by atoms with Crippen LogP contribution in [0.15, 0.2) is 16.5 Å². The maximum atomic E-state index is 12.2. The van der Waals surface area contributed by atoms with Crippen LogP contribution in [0.5, 0.6) is 0 Å². The van der Waals surface area contributed by atoms with Crippen molar-refractivity contribution >= 4 is 28.4 Å². The van der Waals surface area contributed by atoms with Gasteiger partial charge >= 0.3 is 12.4 Å². The molecule has 1 rings (SSSR count). The van der Waals surface area contributed by atoms with Crippen LogP contribution in [0, 0.1) is 0 Å². The summed E-state index contributed by atoms with van der Waals surface area (Å²) in [6.45, 7) is 3.44. The van der Waals surface area contributed by atoms with Crippen LogP contribution in [-0.2, 0) is 0 Å². The fraction of sp³-hybridized carbons (Fsp3) is 0.667. The minimum atomic E-state index is -4.19. The van der Waals surface area contributed by atoms with Crippen molar-refractivity contribution in [1.29, 1.82) is 0 Å². The van der Waals surface area contributed by atoms with Crippen LogP contribution in [0.25, 0.3) is 0 Å². The monoisotopic (exact) mass is 346 g/mol. The van der Waals surface area contributed by atoms with Gasteiger partial charge in [0.1, 0.15) is 17.6 Å². The van der Waals surface area contributed by atoms with Crippen molar-refractivity contribution in [3.8, 4) is 0 Å². The molecular formula is C12H16F6OSi2. The van der Waals surface area contributed by atoms with E-state index in [0.717, 1.165) is 0 Å². The van der Waals surface area contributed by atoms with Gasteiger partial charge in [0.2, 0.25) is 0 Å². The van der Waals surface area contributed by atoms with Crippen molar-refractivity contribution in [1.82, 2.24) is 0 Å². The van der Waals surface area contributed by atoms with Crippen molar-refractivity contribution in [2.75, 3.05) is 0 Å². The summed E-state index contributed by atoms with van der Waals surface area (Å²) in [5.41, 5.74) is 0. The summed E-state index contributed by atoms with van der Waals surface area (Å²) < 4.78 is 78.5. The molecule has 1 aromatic rings. The quantitative estimate of drug-likeness (QED) is 0.563. The second-order valence-electron chi connectivity index (χ2n) is 4.95. The maximum Gasteiger partial charge on any atom is 0.388 e. The molecule has 9 heteroatoms. The van der Waals surface area contributed by atoms with Crippen LogP contribution in [0.2, 0.25) is 25.2 Å². The third-order valence-corrected chi connectivity index (χ3v) is 7.23. The molecule has 0 spiro atoms. The van der Waals surface area contributed by atoms with Gasteiger partial charge in [-0.3, -0.25) is 0 Å². The Morgan fingerprint density at radius 2 is 1.14 bits per heavy atom. The molecule has 0 fully saturated rings. The van der Waals surface area contributed by atoms with E-state index in [9.17, 15) is 26.3 Å². The van der Waals surface area contributed by atoms with Crippen molar-refractivity contribution in [2.45, 2.75) is 50.4 Å². The first-order valence-electron chi connectivity index (χ1n) is 6.37. The maximum absolute atomic E-state index is 12.2. The number of halogens is 6. The van der Waals surface area contributed by atoms with Crippen molar-refractivity contribution < 1.29 is 30.8 Å². The Morgan fingerprint density at radius 1 is 0.810 bits per heavy atom. The molecule has 0 unspecified atom stereocenters. The van der Waals surface area contributed by atoms with E-state index >= 15 is 0 Å². The number of hydrogen-bond donors (Lipinski definition) is 0. The fourth-order valence-corrected chi connectivity index (χ4v) is 4.92. The first kappa shape index (κ1) is 18.3. The zero-order valence-corrected chi connectivity index (χ0v) is 13.7. The first-order chi connectivity index (χ1) is 9.48. The van der Waals surface area contributed by atoms with Crippen LogP contribution in [-0.4, -0.2) is 29.9 Å². The van der Waals surface area contributed by atoms with Gasteiger partial charge in [-0.1, -0.05) is 13.1 Å². The standard InChI is InChI=1S/C12H16F6OSi2/c1-20(7-5-11(13,14)15)9-3-4-10(19-9)21(2)8-6-12(16,17)18/h3-4H,5-8H2,1-2H3. The van der Waals surface area contributed by atoms with Crippen LogP contribution in [0.1, 0.15) is 12.8 Å². The molecule has 0 saturated carbocycles. The molecule has 21 heavy (non-hydrogen) atoms. The Hall–Kier alpha value is -0.706. The van der Waals surface area contributed by atoms with E-state index in [1.54, 1.807) is 25.2 Å². The van der Waals surface area contributed by atoms with E-state index in [-0.39, 0.29) is 12.1 Å². The Labute approximate surface area is 122 Å². The minimum Gasteiger partial charge on any atom is -0.477 e. The molecule has 0 bridgehead atoms. The van der Waals surface area contributed by atoms with E-state index in [4.69, 9.17) is 4.42 Å². The molecule has 2 radical (unpaired) electrons. The second kappa shape index (κ2) is 7.04.